The van der Waals surface area contributed by atoms with E-state index in [4.69, 9.17) is 11.6 Å². The second-order valence-electron chi connectivity index (χ2n) is 5.38. The Morgan fingerprint density at radius 2 is 1.78 bits per heavy atom. The first-order valence-electron chi connectivity index (χ1n) is 8.11. The van der Waals surface area contributed by atoms with Crippen LogP contribution in [0, 0.1) is 0 Å². The Morgan fingerprint density at radius 1 is 1.07 bits per heavy atom. The Kier molecular flexibility index (Phi) is 10.6. The third-order valence-corrected chi connectivity index (χ3v) is 5.18. The summed E-state index contributed by atoms with van der Waals surface area (Å²) in [7, 11) is -1.83. The number of nitrogens with zero attached hydrogens (tertiary/aromatic N) is 2. The van der Waals surface area contributed by atoms with E-state index in [1.165, 1.54) is 0 Å². The highest BCUT2D eigenvalue weighted by atomic mass is 127. The highest BCUT2D eigenvalue weighted by Gasteiger charge is 2.11. The molecule has 0 aliphatic heterocycles. The van der Waals surface area contributed by atoms with Gasteiger partial charge in [-0.15, -0.1) is 24.0 Å². The molecule has 0 bridgehead atoms. The smallest absolute Gasteiger partial charge is 0.240 e. The van der Waals surface area contributed by atoms with Crippen LogP contribution in [0.4, 0.5) is 0 Å². The minimum Gasteiger partial charge on any atom is -0.356 e. The summed E-state index contributed by atoms with van der Waals surface area (Å²) >= 11 is 5.76. The summed E-state index contributed by atoms with van der Waals surface area (Å²) in [5.74, 6) is 0.603. The number of guanidine groups is 1. The van der Waals surface area contributed by atoms with Gasteiger partial charge in [-0.05, 0) is 30.2 Å². The number of aliphatic imine (C=N–C) groups is 1. The molecule has 0 saturated carbocycles. The second kappa shape index (κ2) is 12.1. The summed E-state index contributed by atoms with van der Waals surface area (Å²) in [4.78, 5) is 8.39. The van der Waals surface area contributed by atoms with Gasteiger partial charge in [0.15, 0.2) is 5.96 Å². The maximum absolute atomic E-state index is 12.1. The zero-order chi connectivity index (χ0) is 18.8. The molecular weight excluding hydrogens is 501 g/mol. The molecule has 0 atom stereocenters. The molecule has 10 heteroatoms. The van der Waals surface area contributed by atoms with Crippen LogP contribution >= 0.6 is 35.6 Å². The predicted octanol–water partition coefficient (Wildman–Crippen LogP) is 2.04. The van der Waals surface area contributed by atoms with Crippen molar-refractivity contribution >= 4 is 51.6 Å². The van der Waals surface area contributed by atoms with Crippen LogP contribution < -0.4 is 15.4 Å². The molecule has 7 nitrogen and oxygen atoms in total. The maximum Gasteiger partial charge on any atom is 0.240 e. The molecule has 0 fully saturated rings. The van der Waals surface area contributed by atoms with Crippen molar-refractivity contribution in [2.75, 3.05) is 26.7 Å². The van der Waals surface area contributed by atoms with Gasteiger partial charge in [0, 0.05) is 32.9 Å². The molecular formula is C17H23ClIN5O2S. The van der Waals surface area contributed by atoms with Crippen molar-refractivity contribution in [3.63, 3.8) is 0 Å². The van der Waals surface area contributed by atoms with Crippen LogP contribution in [0.15, 0.2) is 58.5 Å². The number of nitrogens with one attached hydrogen (secondary N) is 3. The van der Waals surface area contributed by atoms with Gasteiger partial charge in [-0.3, -0.25) is 4.99 Å². The van der Waals surface area contributed by atoms with Crippen LogP contribution in [-0.4, -0.2) is 46.0 Å². The van der Waals surface area contributed by atoms with Crippen molar-refractivity contribution < 1.29 is 8.42 Å². The van der Waals surface area contributed by atoms with E-state index in [1.54, 1.807) is 49.6 Å². The second-order valence-corrected chi connectivity index (χ2v) is 7.53. The Labute approximate surface area is 182 Å². The standard InChI is InChI=1S/C17H22ClN5O2S.HI/c1-19-17(20-10-9-14-7-8-16(18)22-13-14)21-11-12-23-26(24,25)15-5-3-2-4-6-15;/h2-8,13,23H,9-12H2,1H3,(H2,19,20,21);1H. The van der Waals surface area contributed by atoms with E-state index in [0.29, 0.717) is 24.2 Å². The first kappa shape index (κ1) is 23.6. The lowest BCUT2D eigenvalue weighted by Gasteiger charge is -2.12. The first-order chi connectivity index (χ1) is 12.5. The van der Waals surface area contributed by atoms with Gasteiger partial charge in [0.1, 0.15) is 5.15 Å². The van der Waals surface area contributed by atoms with E-state index >= 15 is 0 Å². The van der Waals surface area contributed by atoms with E-state index in [0.717, 1.165) is 12.0 Å². The molecule has 0 aliphatic rings. The Balaban J connectivity index is 0.00000364. The number of halogens is 2. The summed E-state index contributed by atoms with van der Waals surface area (Å²) < 4.78 is 26.7. The fourth-order valence-electron chi connectivity index (χ4n) is 2.15. The first-order valence-corrected chi connectivity index (χ1v) is 9.97. The average Bonchev–Trinajstić information content (AvgIpc) is 2.66. The van der Waals surface area contributed by atoms with Crippen LogP contribution in [0.5, 0.6) is 0 Å². The van der Waals surface area contributed by atoms with Crippen molar-refractivity contribution in [3.05, 3.63) is 59.4 Å². The normalized spacial score (nSPS) is 11.6. The lowest BCUT2D eigenvalue weighted by molar-refractivity contribution is 0.580. The summed E-state index contributed by atoms with van der Waals surface area (Å²) in [5, 5.41) is 6.70. The van der Waals surface area contributed by atoms with Crippen LogP contribution in [0.1, 0.15) is 5.56 Å². The fraction of sp³-hybridized carbons (Fsp3) is 0.294. The van der Waals surface area contributed by atoms with Gasteiger partial charge in [-0.1, -0.05) is 35.9 Å². The highest BCUT2D eigenvalue weighted by Crippen LogP contribution is 2.06. The van der Waals surface area contributed by atoms with Gasteiger partial charge < -0.3 is 10.6 Å². The SMILES string of the molecule is CN=C(NCCNS(=O)(=O)c1ccccc1)NCCc1ccc(Cl)nc1.I. The lowest BCUT2D eigenvalue weighted by atomic mass is 10.2. The van der Waals surface area contributed by atoms with Crippen molar-refractivity contribution in [3.8, 4) is 0 Å². The van der Waals surface area contributed by atoms with Crippen LogP contribution in [0.25, 0.3) is 0 Å². The van der Waals surface area contributed by atoms with Gasteiger partial charge in [0.2, 0.25) is 10.0 Å². The zero-order valence-electron chi connectivity index (χ0n) is 14.9. The fourth-order valence-corrected chi connectivity index (χ4v) is 3.31. The van der Waals surface area contributed by atoms with Gasteiger partial charge in [-0.25, -0.2) is 18.1 Å². The topological polar surface area (TPSA) is 95.5 Å². The largest absolute Gasteiger partial charge is 0.356 e. The Hall–Kier alpha value is -1.43. The molecule has 1 aromatic heterocycles. The molecule has 1 aromatic carbocycles. The number of rotatable bonds is 8. The van der Waals surface area contributed by atoms with E-state index < -0.39 is 10.0 Å². The number of aromatic nitrogens is 1. The van der Waals surface area contributed by atoms with Crippen LogP contribution in [0.3, 0.4) is 0 Å². The summed E-state index contributed by atoms with van der Waals surface area (Å²) in [6.07, 6.45) is 2.50. The summed E-state index contributed by atoms with van der Waals surface area (Å²) in [6.45, 7) is 1.33. The van der Waals surface area contributed by atoms with E-state index in [9.17, 15) is 8.42 Å². The number of sulfonamides is 1. The minimum absolute atomic E-state index is 0. The van der Waals surface area contributed by atoms with Crippen molar-refractivity contribution in [2.45, 2.75) is 11.3 Å². The van der Waals surface area contributed by atoms with E-state index in [-0.39, 0.29) is 35.4 Å². The molecule has 3 N–H and O–H groups in total. The van der Waals surface area contributed by atoms with Gasteiger partial charge in [0.05, 0.1) is 4.90 Å². The highest BCUT2D eigenvalue weighted by molar-refractivity contribution is 14.0. The monoisotopic (exact) mass is 523 g/mol. The maximum atomic E-state index is 12.1. The number of hydrogen-bond donors (Lipinski definition) is 3. The molecule has 0 amide bonds. The van der Waals surface area contributed by atoms with Crippen molar-refractivity contribution in [1.29, 1.82) is 0 Å². The molecule has 148 valence electrons. The number of pyridine rings is 1. The van der Waals surface area contributed by atoms with Crippen molar-refractivity contribution in [1.82, 2.24) is 20.3 Å². The van der Waals surface area contributed by atoms with Crippen LogP contribution in [-0.2, 0) is 16.4 Å². The molecule has 0 aliphatic carbocycles. The Morgan fingerprint density at radius 3 is 2.41 bits per heavy atom. The molecule has 0 unspecified atom stereocenters. The quantitative estimate of drug-likeness (QED) is 0.162. The van der Waals surface area contributed by atoms with Gasteiger partial charge >= 0.3 is 0 Å². The third-order valence-electron chi connectivity index (χ3n) is 3.48. The van der Waals surface area contributed by atoms with Gasteiger partial charge in [-0.2, -0.15) is 0 Å². The molecule has 27 heavy (non-hydrogen) atoms. The predicted molar refractivity (Wildman–Crippen MR) is 119 cm³/mol. The van der Waals surface area contributed by atoms with Crippen LogP contribution in [0.2, 0.25) is 5.15 Å². The average molecular weight is 524 g/mol. The van der Waals surface area contributed by atoms with Crippen molar-refractivity contribution in [2.24, 2.45) is 4.99 Å². The summed E-state index contributed by atoms with van der Waals surface area (Å²) in [5.41, 5.74) is 1.06. The molecule has 1 heterocycles. The van der Waals surface area contributed by atoms with E-state index in [1.807, 2.05) is 6.07 Å². The molecule has 0 spiro atoms. The van der Waals surface area contributed by atoms with E-state index in [2.05, 4.69) is 25.3 Å². The zero-order valence-corrected chi connectivity index (χ0v) is 18.8. The summed E-state index contributed by atoms with van der Waals surface area (Å²) in [6, 6.07) is 11.9. The third kappa shape index (κ3) is 8.41. The molecule has 2 aromatic rings. The molecule has 0 radical (unpaired) electrons. The van der Waals surface area contributed by atoms with Gasteiger partial charge in [0.25, 0.3) is 0 Å². The lowest BCUT2D eigenvalue weighted by Crippen LogP contribution is -2.42. The minimum atomic E-state index is -3.49. The number of benzene rings is 1. The Bertz CT molecular complexity index is 817. The number of hydrogen-bond acceptors (Lipinski definition) is 4. The molecule has 2 rings (SSSR count). The molecule has 0 saturated heterocycles.